The zero-order valence-corrected chi connectivity index (χ0v) is 12.3. The van der Waals surface area contributed by atoms with Crippen LogP contribution in [0.5, 0.6) is 5.75 Å². The van der Waals surface area contributed by atoms with Gasteiger partial charge >= 0.3 is 5.97 Å². The van der Waals surface area contributed by atoms with E-state index in [0.717, 1.165) is 15.4 Å². The summed E-state index contributed by atoms with van der Waals surface area (Å²) < 4.78 is 11.7. The molecule has 0 aliphatic carbocycles. The van der Waals surface area contributed by atoms with Crippen molar-refractivity contribution in [1.29, 1.82) is 0 Å². The average Bonchev–Trinajstić information content (AvgIpc) is 2.88. The van der Waals surface area contributed by atoms with Crippen LogP contribution in [0, 0.1) is 0 Å². The van der Waals surface area contributed by atoms with Crippen molar-refractivity contribution in [2.45, 2.75) is 6.61 Å². The van der Waals surface area contributed by atoms with Crippen LogP contribution in [-0.4, -0.2) is 16.1 Å². The number of carboxylic acid groups (broad SMARTS) is 1. The Morgan fingerprint density at radius 1 is 1.29 bits per heavy atom. The van der Waals surface area contributed by atoms with Gasteiger partial charge in [0.2, 0.25) is 5.76 Å². The summed E-state index contributed by atoms with van der Waals surface area (Å²) in [6.07, 6.45) is 3.31. The third-order valence-electron chi connectivity index (χ3n) is 2.88. The molecule has 2 heterocycles. The molecule has 3 rings (SSSR count). The van der Waals surface area contributed by atoms with Crippen LogP contribution in [0.1, 0.15) is 16.1 Å². The predicted molar refractivity (Wildman–Crippen MR) is 79.4 cm³/mol. The summed E-state index contributed by atoms with van der Waals surface area (Å²) in [5, 5.41) is 9.64. The molecule has 1 N–H and O–H groups in total. The van der Waals surface area contributed by atoms with Gasteiger partial charge in [-0.05, 0) is 45.8 Å². The Morgan fingerprint density at radius 3 is 2.90 bits per heavy atom. The highest BCUT2D eigenvalue weighted by Gasteiger charge is 2.10. The van der Waals surface area contributed by atoms with E-state index in [2.05, 4.69) is 20.9 Å². The van der Waals surface area contributed by atoms with Gasteiger partial charge in [0.25, 0.3) is 0 Å². The zero-order chi connectivity index (χ0) is 14.8. The zero-order valence-electron chi connectivity index (χ0n) is 10.7. The lowest BCUT2D eigenvalue weighted by molar-refractivity contribution is 0.0665. The first kappa shape index (κ1) is 13.6. The molecular formula is C15H10BrNO4. The Bertz CT molecular complexity index is 812. The maximum Gasteiger partial charge on any atom is 0.371 e. The topological polar surface area (TPSA) is 72.6 Å². The maximum absolute atomic E-state index is 10.9. The van der Waals surface area contributed by atoms with E-state index in [1.54, 1.807) is 18.5 Å². The Hall–Kier alpha value is -2.34. The van der Waals surface area contributed by atoms with Crippen molar-refractivity contribution in [1.82, 2.24) is 4.98 Å². The SMILES string of the molecule is O=C(O)c1cc2cc(COc3cncc(Br)c3)ccc2o1. The standard InChI is InChI=1S/C15H10BrNO4/c16-11-5-12(7-17-6-11)20-8-9-1-2-13-10(3-9)4-14(21-13)15(18)19/h1-7H,8H2,(H,18,19). The maximum atomic E-state index is 10.9. The molecule has 0 unspecified atom stereocenters. The first-order valence-electron chi connectivity index (χ1n) is 6.11. The fourth-order valence-electron chi connectivity index (χ4n) is 1.93. The second kappa shape index (κ2) is 5.57. The van der Waals surface area contributed by atoms with E-state index in [0.29, 0.717) is 17.9 Å². The smallest absolute Gasteiger partial charge is 0.371 e. The molecular weight excluding hydrogens is 338 g/mol. The van der Waals surface area contributed by atoms with Crippen LogP contribution >= 0.6 is 15.9 Å². The highest BCUT2D eigenvalue weighted by atomic mass is 79.9. The van der Waals surface area contributed by atoms with Gasteiger partial charge in [-0.25, -0.2) is 4.79 Å². The van der Waals surface area contributed by atoms with Crippen molar-refractivity contribution in [2.24, 2.45) is 0 Å². The highest BCUT2D eigenvalue weighted by Crippen LogP contribution is 2.22. The van der Waals surface area contributed by atoms with Gasteiger partial charge < -0.3 is 14.3 Å². The molecule has 0 fully saturated rings. The Labute approximate surface area is 128 Å². The quantitative estimate of drug-likeness (QED) is 0.775. The molecule has 3 aromatic rings. The van der Waals surface area contributed by atoms with Gasteiger partial charge in [0, 0.05) is 16.1 Å². The Morgan fingerprint density at radius 2 is 2.14 bits per heavy atom. The van der Waals surface area contributed by atoms with E-state index in [1.807, 2.05) is 18.2 Å². The minimum Gasteiger partial charge on any atom is -0.487 e. The van der Waals surface area contributed by atoms with Gasteiger partial charge in [-0.2, -0.15) is 0 Å². The fourth-order valence-corrected chi connectivity index (χ4v) is 2.27. The third kappa shape index (κ3) is 3.05. The first-order valence-corrected chi connectivity index (χ1v) is 6.90. The Kier molecular flexibility index (Phi) is 3.62. The number of carbonyl (C=O) groups is 1. The van der Waals surface area contributed by atoms with Crippen molar-refractivity contribution >= 4 is 32.9 Å². The van der Waals surface area contributed by atoms with E-state index in [1.165, 1.54) is 6.07 Å². The fraction of sp³-hybridized carbons (Fsp3) is 0.0667. The number of fused-ring (bicyclic) bond motifs is 1. The summed E-state index contributed by atoms with van der Waals surface area (Å²) in [6, 6.07) is 8.74. The molecule has 0 saturated carbocycles. The van der Waals surface area contributed by atoms with Crippen LogP contribution in [0.15, 0.2) is 51.6 Å². The molecule has 0 bridgehead atoms. The van der Waals surface area contributed by atoms with Gasteiger partial charge in [-0.1, -0.05) is 6.07 Å². The monoisotopic (exact) mass is 347 g/mol. The van der Waals surface area contributed by atoms with E-state index in [4.69, 9.17) is 14.3 Å². The second-order valence-corrected chi connectivity index (χ2v) is 5.33. The van der Waals surface area contributed by atoms with Crippen LogP contribution in [0.25, 0.3) is 11.0 Å². The third-order valence-corrected chi connectivity index (χ3v) is 3.31. The molecule has 0 amide bonds. The molecule has 106 valence electrons. The molecule has 0 spiro atoms. The number of ether oxygens (including phenoxy) is 1. The molecule has 21 heavy (non-hydrogen) atoms. The summed E-state index contributed by atoms with van der Waals surface area (Å²) in [7, 11) is 0. The average molecular weight is 348 g/mol. The summed E-state index contributed by atoms with van der Waals surface area (Å²) >= 11 is 3.33. The van der Waals surface area contributed by atoms with Gasteiger partial charge in [0.1, 0.15) is 17.9 Å². The number of aromatic carboxylic acids is 1. The molecule has 6 heteroatoms. The lowest BCUT2D eigenvalue weighted by Crippen LogP contribution is -1.95. The van der Waals surface area contributed by atoms with E-state index >= 15 is 0 Å². The van der Waals surface area contributed by atoms with Crippen molar-refractivity contribution < 1.29 is 19.1 Å². The summed E-state index contributed by atoms with van der Waals surface area (Å²) in [5.74, 6) is -0.494. The highest BCUT2D eigenvalue weighted by molar-refractivity contribution is 9.10. The summed E-state index contributed by atoms with van der Waals surface area (Å²) in [5.41, 5.74) is 1.46. The lowest BCUT2D eigenvalue weighted by atomic mass is 10.2. The summed E-state index contributed by atoms with van der Waals surface area (Å²) in [6.45, 7) is 0.363. The van der Waals surface area contributed by atoms with Crippen LogP contribution in [-0.2, 0) is 6.61 Å². The number of furan rings is 1. The largest absolute Gasteiger partial charge is 0.487 e. The molecule has 1 aromatic carbocycles. The van der Waals surface area contributed by atoms with Crippen molar-refractivity contribution in [3.8, 4) is 5.75 Å². The normalized spacial score (nSPS) is 10.7. The number of hydrogen-bond donors (Lipinski definition) is 1. The molecule has 0 aliphatic rings. The van der Waals surface area contributed by atoms with Crippen molar-refractivity contribution in [3.05, 3.63) is 58.5 Å². The van der Waals surface area contributed by atoms with Crippen LogP contribution in [0.3, 0.4) is 0 Å². The molecule has 0 radical (unpaired) electrons. The number of carboxylic acids is 1. The van der Waals surface area contributed by atoms with Crippen LogP contribution in [0.2, 0.25) is 0 Å². The van der Waals surface area contributed by atoms with Gasteiger partial charge in [-0.3, -0.25) is 4.98 Å². The number of benzene rings is 1. The van der Waals surface area contributed by atoms with E-state index in [9.17, 15) is 4.79 Å². The van der Waals surface area contributed by atoms with Gasteiger partial charge in [-0.15, -0.1) is 0 Å². The minimum atomic E-state index is -1.08. The number of hydrogen-bond acceptors (Lipinski definition) is 4. The number of nitrogens with zero attached hydrogens (tertiary/aromatic N) is 1. The van der Waals surface area contributed by atoms with Crippen molar-refractivity contribution in [3.63, 3.8) is 0 Å². The Balaban J connectivity index is 1.79. The molecule has 0 saturated heterocycles. The van der Waals surface area contributed by atoms with Crippen LogP contribution < -0.4 is 4.74 Å². The predicted octanol–water partition coefficient (Wildman–Crippen LogP) is 3.87. The molecule has 0 atom stereocenters. The minimum absolute atomic E-state index is 0.0701. The molecule has 2 aromatic heterocycles. The van der Waals surface area contributed by atoms with Crippen LogP contribution in [0.4, 0.5) is 0 Å². The number of halogens is 1. The molecule has 5 nitrogen and oxygen atoms in total. The van der Waals surface area contributed by atoms with E-state index in [-0.39, 0.29) is 5.76 Å². The molecule has 0 aliphatic heterocycles. The number of aromatic nitrogens is 1. The van der Waals surface area contributed by atoms with Crippen molar-refractivity contribution in [2.75, 3.05) is 0 Å². The second-order valence-electron chi connectivity index (χ2n) is 4.42. The van der Waals surface area contributed by atoms with E-state index < -0.39 is 5.97 Å². The number of rotatable bonds is 4. The summed E-state index contributed by atoms with van der Waals surface area (Å²) in [4.78, 5) is 14.9. The first-order chi connectivity index (χ1) is 10.1. The van der Waals surface area contributed by atoms with Gasteiger partial charge in [0.05, 0.1) is 6.20 Å². The number of pyridine rings is 1. The lowest BCUT2D eigenvalue weighted by Gasteiger charge is -2.06. The van der Waals surface area contributed by atoms with Gasteiger partial charge in [0.15, 0.2) is 0 Å².